The zero-order valence-corrected chi connectivity index (χ0v) is 11.6. The van der Waals surface area contributed by atoms with Gasteiger partial charge >= 0.3 is 0 Å². The fourth-order valence-electron chi connectivity index (χ4n) is 1.70. The highest BCUT2D eigenvalue weighted by Crippen LogP contribution is 2.23. The lowest BCUT2D eigenvalue weighted by molar-refractivity contribution is 0.519. The molecule has 1 aromatic carbocycles. The Morgan fingerprint density at radius 1 is 1.28 bits per heavy atom. The maximum Gasteiger partial charge on any atom is 0.238 e. The minimum Gasteiger partial charge on any atom is -0.397 e. The molecule has 102 valence electrons. The van der Waals surface area contributed by atoms with Crippen LogP contribution in [0.1, 0.15) is 26.7 Å². The van der Waals surface area contributed by atoms with Gasteiger partial charge in [-0.3, -0.25) is 0 Å². The Kier molecular flexibility index (Phi) is 4.98. The Balaban J connectivity index is 2.88. The fraction of sp³-hybridized carbons (Fsp3) is 0.500. The van der Waals surface area contributed by atoms with Crippen molar-refractivity contribution in [2.45, 2.75) is 31.6 Å². The molecule has 0 unspecified atom stereocenters. The lowest BCUT2D eigenvalue weighted by Gasteiger charge is -2.16. The molecule has 0 aliphatic carbocycles. The zero-order chi connectivity index (χ0) is 13.8. The normalized spacial score (nSPS) is 11.8. The number of rotatable bonds is 6. The van der Waals surface area contributed by atoms with Crippen LogP contribution in [-0.2, 0) is 10.0 Å². The predicted molar refractivity (Wildman–Crippen MR) is 74.8 cm³/mol. The Morgan fingerprint density at radius 2 is 1.89 bits per heavy atom. The SMILES string of the molecule is CCC(CC)CNc1cc(S(N)(=O)=O)ccc1N. The summed E-state index contributed by atoms with van der Waals surface area (Å²) < 4.78 is 22.5. The number of sulfonamides is 1. The number of anilines is 2. The second-order valence-corrected chi connectivity index (χ2v) is 5.92. The van der Waals surface area contributed by atoms with Crippen molar-refractivity contribution in [1.29, 1.82) is 0 Å². The summed E-state index contributed by atoms with van der Waals surface area (Å²) in [7, 11) is -3.69. The molecule has 0 atom stereocenters. The molecule has 0 aromatic heterocycles. The van der Waals surface area contributed by atoms with Crippen molar-refractivity contribution in [1.82, 2.24) is 0 Å². The second-order valence-electron chi connectivity index (χ2n) is 4.36. The van der Waals surface area contributed by atoms with Gasteiger partial charge in [-0.15, -0.1) is 0 Å². The molecular weight excluding hydrogens is 250 g/mol. The van der Waals surface area contributed by atoms with Crippen LogP contribution < -0.4 is 16.2 Å². The summed E-state index contributed by atoms with van der Waals surface area (Å²) in [5.41, 5.74) is 6.94. The molecule has 0 fully saturated rings. The third kappa shape index (κ3) is 3.89. The van der Waals surface area contributed by atoms with Crippen LogP contribution in [0.3, 0.4) is 0 Å². The molecule has 0 saturated heterocycles. The van der Waals surface area contributed by atoms with E-state index in [1.165, 1.54) is 12.1 Å². The molecule has 0 aliphatic rings. The van der Waals surface area contributed by atoms with E-state index in [1.807, 2.05) is 0 Å². The van der Waals surface area contributed by atoms with Crippen LogP contribution in [0.25, 0.3) is 0 Å². The van der Waals surface area contributed by atoms with Crippen molar-refractivity contribution in [3.8, 4) is 0 Å². The van der Waals surface area contributed by atoms with Crippen molar-refractivity contribution < 1.29 is 8.42 Å². The molecule has 0 amide bonds. The molecule has 0 saturated carbocycles. The molecule has 6 heteroatoms. The second kappa shape index (κ2) is 6.06. The van der Waals surface area contributed by atoms with E-state index in [2.05, 4.69) is 19.2 Å². The minimum atomic E-state index is -3.69. The summed E-state index contributed by atoms with van der Waals surface area (Å²) in [5.74, 6) is 0.544. The molecule has 0 radical (unpaired) electrons. The van der Waals surface area contributed by atoms with E-state index in [0.717, 1.165) is 19.4 Å². The van der Waals surface area contributed by atoms with Gasteiger partial charge in [-0.05, 0) is 24.1 Å². The van der Waals surface area contributed by atoms with Gasteiger partial charge in [-0.1, -0.05) is 26.7 Å². The van der Waals surface area contributed by atoms with Crippen LogP contribution in [0.4, 0.5) is 11.4 Å². The van der Waals surface area contributed by atoms with Crippen LogP contribution in [0.5, 0.6) is 0 Å². The number of benzene rings is 1. The Morgan fingerprint density at radius 3 is 2.39 bits per heavy atom. The number of hydrogen-bond acceptors (Lipinski definition) is 4. The average molecular weight is 271 g/mol. The maximum absolute atomic E-state index is 11.3. The maximum atomic E-state index is 11.3. The van der Waals surface area contributed by atoms with Gasteiger partial charge in [0.1, 0.15) is 0 Å². The van der Waals surface area contributed by atoms with Crippen molar-refractivity contribution in [3.05, 3.63) is 18.2 Å². The molecule has 5 N–H and O–H groups in total. The monoisotopic (exact) mass is 271 g/mol. The minimum absolute atomic E-state index is 0.0729. The van der Waals surface area contributed by atoms with E-state index in [9.17, 15) is 8.42 Å². The summed E-state index contributed by atoms with van der Waals surface area (Å²) in [6.45, 7) is 5.02. The standard InChI is InChI=1S/C12H21N3O2S/c1-3-9(4-2)8-15-12-7-10(18(14,16)17)5-6-11(12)13/h5-7,9,15H,3-4,8,13H2,1-2H3,(H2,14,16,17). The van der Waals surface area contributed by atoms with E-state index in [0.29, 0.717) is 17.3 Å². The van der Waals surface area contributed by atoms with Gasteiger partial charge in [0, 0.05) is 6.54 Å². The van der Waals surface area contributed by atoms with E-state index >= 15 is 0 Å². The first-order valence-corrected chi connectivity index (χ1v) is 7.59. The Bertz CT molecular complexity index is 496. The first kappa shape index (κ1) is 14.8. The summed E-state index contributed by atoms with van der Waals surface area (Å²) in [4.78, 5) is 0.0729. The first-order valence-electron chi connectivity index (χ1n) is 6.04. The van der Waals surface area contributed by atoms with Gasteiger partial charge in [0.05, 0.1) is 16.3 Å². The van der Waals surface area contributed by atoms with Crippen LogP contribution >= 0.6 is 0 Å². The highest BCUT2D eigenvalue weighted by molar-refractivity contribution is 7.89. The summed E-state index contributed by atoms with van der Waals surface area (Å²) in [5, 5.41) is 8.27. The van der Waals surface area contributed by atoms with Crippen molar-refractivity contribution in [2.75, 3.05) is 17.6 Å². The highest BCUT2D eigenvalue weighted by atomic mass is 32.2. The molecule has 1 rings (SSSR count). The van der Waals surface area contributed by atoms with E-state index in [4.69, 9.17) is 10.9 Å². The third-order valence-electron chi connectivity index (χ3n) is 3.09. The molecule has 0 heterocycles. The zero-order valence-electron chi connectivity index (χ0n) is 10.8. The molecular formula is C12H21N3O2S. The largest absolute Gasteiger partial charge is 0.397 e. The quantitative estimate of drug-likeness (QED) is 0.687. The molecule has 5 nitrogen and oxygen atoms in total. The van der Waals surface area contributed by atoms with Gasteiger partial charge in [0.25, 0.3) is 0 Å². The van der Waals surface area contributed by atoms with Crippen LogP contribution in [-0.4, -0.2) is 15.0 Å². The van der Waals surface area contributed by atoms with Gasteiger partial charge in [0.2, 0.25) is 10.0 Å². The topological polar surface area (TPSA) is 98.2 Å². The van der Waals surface area contributed by atoms with Crippen molar-refractivity contribution in [3.63, 3.8) is 0 Å². The molecule has 18 heavy (non-hydrogen) atoms. The average Bonchev–Trinajstić information content (AvgIpc) is 2.31. The molecule has 0 aliphatic heterocycles. The summed E-state index contributed by atoms with van der Waals surface area (Å²) in [6.07, 6.45) is 2.14. The number of primary sulfonamides is 1. The molecule has 1 aromatic rings. The van der Waals surface area contributed by atoms with E-state index in [1.54, 1.807) is 6.07 Å². The lowest BCUT2D eigenvalue weighted by atomic mass is 10.0. The van der Waals surface area contributed by atoms with Crippen LogP contribution in [0.2, 0.25) is 0 Å². The van der Waals surface area contributed by atoms with Crippen molar-refractivity contribution >= 4 is 21.4 Å². The molecule has 0 bridgehead atoms. The third-order valence-corrected chi connectivity index (χ3v) is 4.00. The highest BCUT2D eigenvalue weighted by Gasteiger charge is 2.11. The number of nitrogens with two attached hydrogens (primary N) is 2. The first-order chi connectivity index (χ1) is 8.38. The predicted octanol–water partition coefficient (Wildman–Crippen LogP) is 1.76. The van der Waals surface area contributed by atoms with E-state index in [-0.39, 0.29) is 4.90 Å². The van der Waals surface area contributed by atoms with Crippen LogP contribution in [0, 0.1) is 5.92 Å². The number of nitrogen functional groups attached to an aromatic ring is 1. The van der Waals surface area contributed by atoms with Crippen LogP contribution in [0.15, 0.2) is 23.1 Å². The van der Waals surface area contributed by atoms with Gasteiger partial charge in [-0.2, -0.15) is 0 Å². The van der Waals surface area contributed by atoms with Crippen molar-refractivity contribution in [2.24, 2.45) is 11.1 Å². The van der Waals surface area contributed by atoms with Gasteiger partial charge < -0.3 is 11.1 Å². The van der Waals surface area contributed by atoms with E-state index < -0.39 is 10.0 Å². The molecule has 0 spiro atoms. The number of nitrogens with one attached hydrogen (secondary N) is 1. The number of hydrogen-bond donors (Lipinski definition) is 3. The fourth-order valence-corrected chi connectivity index (χ4v) is 2.24. The Labute approximate surface area is 109 Å². The summed E-state index contributed by atoms with van der Waals surface area (Å²) >= 11 is 0. The summed E-state index contributed by atoms with van der Waals surface area (Å²) in [6, 6.07) is 4.44. The Hall–Kier alpha value is -1.27. The van der Waals surface area contributed by atoms with Gasteiger partial charge in [-0.25, -0.2) is 13.6 Å². The lowest BCUT2D eigenvalue weighted by Crippen LogP contribution is -2.16. The van der Waals surface area contributed by atoms with Gasteiger partial charge in [0.15, 0.2) is 0 Å². The smallest absolute Gasteiger partial charge is 0.238 e.